The van der Waals surface area contributed by atoms with Crippen LogP contribution in [-0.2, 0) is 0 Å². The van der Waals surface area contributed by atoms with Gasteiger partial charge >= 0.3 is 0 Å². The highest BCUT2D eigenvalue weighted by Crippen LogP contribution is 2.16. The van der Waals surface area contributed by atoms with Crippen molar-refractivity contribution in [3.63, 3.8) is 0 Å². The van der Waals surface area contributed by atoms with E-state index in [0.717, 1.165) is 0 Å². The molecule has 0 aromatic heterocycles. The number of Topliss-reactive ketones (excluding diaryl/α,β-unsaturated/α-hetero) is 1. The number of hydrogen-bond donors (Lipinski definition) is 0. The average molecular weight is 259 g/mol. The van der Waals surface area contributed by atoms with E-state index >= 15 is 0 Å². The minimum Gasteiger partial charge on any atom is -0.454 e. The molecule has 0 heterocycles. The number of carbonyl (C=O) groups excluding carboxylic acids is 1. The van der Waals surface area contributed by atoms with E-state index in [9.17, 15) is 4.79 Å². The van der Waals surface area contributed by atoms with Crippen molar-refractivity contribution in [3.05, 3.63) is 77.5 Å². The van der Waals surface area contributed by atoms with Gasteiger partial charge in [0.1, 0.15) is 5.75 Å². The molecule has 0 saturated carbocycles. The molecule has 90 valence electrons. The molecule has 2 aromatic rings. The average Bonchev–Trinajstić information content (AvgIpc) is 2.40. The third-order valence-corrected chi connectivity index (χ3v) is 2.60. The molecule has 0 bridgehead atoms. The monoisotopic (exact) mass is 258 g/mol. The van der Waals surface area contributed by atoms with Crippen molar-refractivity contribution in [2.75, 3.05) is 0 Å². The molecule has 2 aromatic carbocycles. The molecule has 0 aliphatic carbocycles. The van der Waals surface area contributed by atoms with Crippen molar-refractivity contribution in [1.82, 2.24) is 0 Å². The van der Waals surface area contributed by atoms with Crippen LogP contribution in [0.15, 0.2) is 66.9 Å². The maximum atomic E-state index is 12.0. The van der Waals surface area contributed by atoms with Gasteiger partial charge in [-0.2, -0.15) is 0 Å². The quantitative estimate of drug-likeness (QED) is 0.469. The summed E-state index contributed by atoms with van der Waals surface area (Å²) in [6.45, 7) is 3.64. The molecule has 0 radical (unpaired) electrons. The van der Waals surface area contributed by atoms with E-state index in [4.69, 9.17) is 16.3 Å². The van der Waals surface area contributed by atoms with Crippen LogP contribution in [0.25, 0.3) is 0 Å². The SMILES string of the molecule is C=C(Oc1ccccc1)C(=O)c1ccc(Cl)cc1. The Morgan fingerprint density at radius 2 is 1.61 bits per heavy atom. The van der Waals surface area contributed by atoms with E-state index in [0.29, 0.717) is 16.3 Å². The van der Waals surface area contributed by atoms with Gasteiger partial charge in [-0.25, -0.2) is 0 Å². The summed E-state index contributed by atoms with van der Waals surface area (Å²) in [5.41, 5.74) is 0.500. The number of ketones is 1. The number of rotatable bonds is 4. The minimum atomic E-state index is -0.254. The van der Waals surface area contributed by atoms with Gasteiger partial charge in [-0.05, 0) is 36.4 Å². The van der Waals surface area contributed by atoms with Crippen LogP contribution < -0.4 is 4.74 Å². The maximum Gasteiger partial charge on any atom is 0.227 e. The van der Waals surface area contributed by atoms with E-state index in [-0.39, 0.29) is 11.5 Å². The van der Waals surface area contributed by atoms with Crippen molar-refractivity contribution >= 4 is 17.4 Å². The maximum absolute atomic E-state index is 12.0. The molecule has 0 amide bonds. The molecule has 0 fully saturated rings. The van der Waals surface area contributed by atoms with E-state index in [2.05, 4.69) is 6.58 Å². The second-order valence-corrected chi connectivity index (χ2v) is 4.11. The van der Waals surface area contributed by atoms with Crippen LogP contribution in [0.4, 0.5) is 0 Å². The van der Waals surface area contributed by atoms with Gasteiger partial charge in [0, 0.05) is 10.6 Å². The van der Waals surface area contributed by atoms with Crippen LogP contribution >= 0.6 is 11.6 Å². The second-order valence-electron chi connectivity index (χ2n) is 3.67. The molecule has 0 spiro atoms. The Hall–Kier alpha value is -2.06. The molecule has 2 rings (SSSR count). The van der Waals surface area contributed by atoms with Gasteiger partial charge in [0.25, 0.3) is 0 Å². The van der Waals surface area contributed by atoms with E-state index in [1.165, 1.54) is 0 Å². The molecule has 18 heavy (non-hydrogen) atoms. The van der Waals surface area contributed by atoms with Gasteiger partial charge in [0.15, 0.2) is 5.76 Å². The van der Waals surface area contributed by atoms with Crippen LogP contribution in [-0.4, -0.2) is 5.78 Å². The zero-order chi connectivity index (χ0) is 13.0. The van der Waals surface area contributed by atoms with Crippen molar-refractivity contribution < 1.29 is 9.53 Å². The van der Waals surface area contributed by atoms with Gasteiger partial charge in [0.05, 0.1) is 0 Å². The molecule has 2 nitrogen and oxygen atoms in total. The lowest BCUT2D eigenvalue weighted by Gasteiger charge is -2.07. The molecule has 0 saturated heterocycles. The standard InChI is InChI=1S/C15H11ClO2/c1-11(18-14-5-3-2-4-6-14)15(17)12-7-9-13(16)10-8-12/h2-10H,1H2. The smallest absolute Gasteiger partial charge is 0.227 e. The van der Waals surface area contributed by atoms with E-state index < -0.39 is 0 Å². The van der Waals surface area contributed by atoms with Gasteiger partial charge in [-0.15, -0.1) is 0 Å². The Morgan fingerprint density at radius 3 is 2.22 bits per heavy atom. The Kier molecular flexibility index (Phi) is 3.80. The molecule has 0 aliphatic rings. The topological polar surface area (TPSA) is 26.3 Å². The van der Waals surface area contributed by atoms with Crippen molar-refractivity contribution in [2.45, 2.75) is 0 Å². The van der Waals surface area contributed by atoms with Crippen LogP contribution in [0.2, 0.25) is 5.02 Å². The number of ether oxygens (including phenoxy) is 1. The Morgan fingerprint density at radius 1 is 1.00 bits per heavy atom. The molecule has 3 heteroatoms. The van der Waals surface area contributed by atoms with Crippen LogP contribution in [0.3, 0.4) is 0 Å². The lowest BCUT2D eigenvalue weighted by molar-refractivity contribution is 0.0987. The summed E-state index contributed by atoms with van der Waals surface area (Å²) in [4.78, 5) is 12.0. The minimum absolute atomic E-state index is 0.0866. The van der Waals surface area contributed by atoms with Crippen LogP contribution in [0, 0.1) is 0 Å². The number of para-hydroxylation sites is 1. The zero-order valence-electron chi connectivity index (χ0n) is 9.60. The molecule has 0 atom stereocenters. The number of benzene rings is 2. The van der Waals surface area contributed by atoms with Crippen LogP contribution in [0.1, 0.15) is 10.4 Å². The zero-order valence-corrected chi connectivity index (χ0v) is 10.4. The fraction of sp³-hybridized carbons (Fsp3) is 0. The first-order valence-corrected chi connectivity index (χ1v) is 5.76. The molecular weight excluding hydrogens is 248 g/mol. The predicted molar refractivity (Wildman–Crippen MR) is 72.0 cm³/mol. The van der Waals surface area contributed by atoms with Gasteiger partial charge in [-0.1, -0.05) is 36.4 Å². The lowest BCUT2D eigenvalue weighted by atomic mass is 10.1. The normalized spacial score (nSPS) is 9.83. The second kappa shape index (κ2) is 5.52. The van der Waals surface area contributed by atoms with Crippen molar-refractivity contribution in [1.29, 1.82) is 0 Å². The highest BCUT2D eigenvalue weighted by molar-refractivity contribution is 6.30. The fourth-order valence-corrected chi connectivity index (χ4v) is 1.57. The lowest BCUT2D eigenvalue weighted by Crippen LogP contribution is -2.08. The van der Waals surface area contributed by atoms with Crippen LogP contribution in [0.5, 0.6) is 5.75 Å². The Labute approximate surface area is 110 Å². The van der Waals surface area contributed by atoms with E-state index in [1.54, 1.807) is 36.4 Å². The number of halogens is 1. The summed E-state index contributed by atoms with van der Waals surface area (Å²) in [7, 11) is 0. The summed E-state index contributed by atoms with van der Waals surface area (Å²) >= 11 is 5.76. The molecular formula is C15H11ClO2. The molecule has 0 aliphatic heterocycles. The first kappa shape index (κ1) is 12.4. The molecule has 0 unspecified atom stereocenters. The fourth-order valence-electron chi connectivity index (χ4n) is 1.44. The van der Waals surface area contributed by atoms with Gasteiger partial charge in [-0.3, -0.25) is 4.79 Å². The third-order valence-electron chi connectivity index (χ3n) is 2.34. The highest BCUT2D eigenvalue weighted by Gasteiger charge is 2.12. The predicted octanol–water partition coefficient (Wildman–Crippen LogP) is 4.12. The number of allylic oxidation sites excluding steroid dienone is 1. The largest absolute Gasteiger partial charge is 0.454 e. The first-order valence-electron chi connectivity index (χ1n) is 5.39. The van der Waals surface area contributed by atoms with Gasteiger partial charge < -0.3 is 4.74 Å². The Bertz CT molecular complexity index is 559. The van der Waals surface area contributed by atoms with Gasteiger partial charge in [0.2, 0.25) is 5.78 Å². The summed E-state index contributed by atoms with van der Waals surface area (Å²) < 4.78 is 5.38. The summed E-state index contributed by atoms with van der Waals surface area (Å²) in [5.74, 6) is 0.420. The number of hydrogen-bond acceptors (Lipinski definition) is 2. The number of carbonyl (C=O) groups is 1. The highest BCUT2D eigenvalue weighted by atomic mass is 35.5. The first-order chi connectivity index (χ1) is 8.66. The van der Waals surface area contributed by atoms with Crippen molar-refractivity contribution in [2.24, 2.45) is 0 Å². The van der Waals surface area contributed by atoms with Crippen molar-refractivity contribution in [3.8, 4) is 5.75 Å². The molecule has 0 N–H and O–H groups in total. The summed E-state index contributed by atoms with van der Waals surface area (Å²) in [6.07, 6.45) is 0. The third kappa shape index (κ3) is 2.99. The summed E-state index contributed by atoms with van der Waals surface area (Å²) in [6, 6.07) is 15.7. The Balaban J connectivity index is 2.10. The summed E-state index contributed by atoms with van der Waals surface area (Å²) in [5, 5.41) is 0.584. The van der Waals surface area contributed by atoms with E-state index in [1.807, 2.05) is 18.2 Å².